The maximum absolute atomic E-state index is 5.72. The Morgan fingerprint density at radius 2 is 2.04 bits per heavy atom. The molecule has 0 aliphatic heterocycles. The summed E-state index contributed by atoms with van der Waals surface area (Å²) in [5.74, 6) is 2.34. The van der Waals surface area contributed by atoms with Gasteiger partial charge in [0.1, 0.15) is 23.1 Å². The zero-order chi connectivity index (χ0) is 18.1. The van der Waals surface area contributed by atoms with Crippen LogP contribution in [0.2, 0.25) is 0 Å². The first kappa shape index (κ1) is 19.1. The molecule has 25 heavy (non-hydrogen) atoms. The fraction of sp³-hybridized carbons (Fsp3) is 0.444. The molecule has 0 saturated carbocycles. The zero-order valence-electron chi connectivity index (χ0n) is 15.3. The van der Waals surface area contributed by atoms with E-state index in [-0.39, 0.29) is 0 Å². The van der Waals surface area contributed by atoms with E-state index in [1.165, 1.54) is 4.88 Å². The van der Waals surface area contributed by atoms with Crippen LogP contribution in [-0.4, -0.2) is 37.7 Å². The molecule has 0 spiro atoms. The minimum atomic E-state index is 0.535. The Morgan fingerprint density at radius 1 is 1.24 bits per heavy atom. The Kier molecular flexibility index (Phi) is 7.53. The van der Waals surface area contributed by atoms with Crippen molar-refractivity contribution in [2.24, 2.45) is 4.99 Å². The SMILES string of the molecule is CCNC(=NCc1nc(C)c(C)s1)NCCOc1cccc(OC)c1. The number of rotatable bonds is 8. The van der Waals surface area contributed by atoms with E-state index in [2.05, 4.69) is 27.5 Å². The molecule has 0 unspecified atom stereocenters. The number of ether oxygens (including phenoxy) is 2. The van der Waals surface area contributed by atoms with Gasteiger partial charge in [0.05, 0.1) is 25.9 Å². The Balaban J connectivity index is 1.81. The Morgan fingerprint density at radius 3 is 2.72 bits per heavy atom. The van der Waals surface area contributed by atoms with Crippen molar-refractivity contribution in [3.05, 3.63) is 39.8 Å². The molecule has 2 aromatic rings. The molecule has 136 valence electrons. The molecule has 7 heteroatoms. The predicted molar refractivity (Wildman–Crippen MR) is 103 cm³/mol. The largest absolute Gasteiger partial charge is 0.497 e. The second-order valence-electron chi connectivity index (χ2n) is 5.40. The van der Waals surface area contributed by atoms with Gasteiger partial charge in [-0.3, -0.25) is 0 Å². The van der Waals surface area contributed by atoms with Crippen LogP contribution in [0.3, 0.4) is 0 Å². The molecule has 0 aliphatic carbocycles. The summed E-state index contributed by atoms with van der Waals surface area (Å²) in [7, 11) is 1.64. The lowest BCUT2D eigenvalue weighted by Gasteiger charge is -2.12. The van der Waals surface area contributed by atoms with Gasteiger partial charge in [0, 0.05) is 17.5 Å². The van der Waals surface area contributed by atoms with Gasteiger partial charge in [-0.15, -0.1) is 11.3 Å². The Labute approximate surface area is 153 Å². The summed E-state index contributed by atoms with van der Waals surface area (Å²) in [6.45, 7) is 8.72. The van der Waals surface area contributed by atoms with Gasteiger partial charge >= 0.3 is 0 Å². The van der Waals surface area contributed by atoms with Crippen molar-refractivity contribution in [2.45, 2.75) is 27.3 Å². The van der Waals surface area contributed by atoms with E-state index in [1.807, 2.05) is 38.1 Å². The highest BCUT2D eigenvalue weighted by atomic mass is 32.1. The van der Waals surface area contributed by atoms with Crippen LogP contribution in [0.25, 0.3) is 0 Å². The molecule has 0 amide bonds. The molecule has 1 aromatic carbocycles. The first-order valence-electron chi connectivity index (χ1n) is 8.34. The van der Waals surface area contributed by atoms with Crippen LogP contribution in [0.4, 0.5) is 0 Å². The number of aliphatic imine (C=N–C) groups is 1. The van der Waals surface area contributed by atoms with Crippen LogP contribution in [0, 0.1) is 13.8 Å². The van der Waals surface area contributed by atoms with Gasteiger partial charge < -0.3 is 20.1 Å². The molecule has 0 radical (unpaired) electrons. The van der Waals surface area contributed by atoms with Gasteiger partial charge in [-0.25, -0.2) is 9.98 Å². The highest BCUT2D eigenvalue weighted by Crippen LogP contribution is 2.18. The highest BCUT2D eigenvalue weighted by Gasteiger charge is 2.04. The molecule has 0 fully saturated rings. The van der Waals surface area contributed by atoms with Crippen LogP contribution >= 0.6 is 11.3 Å². The van der Waals surface area contributed by atoms with Gasteiger partial charge in [-0.05, 0) is 32.9 Å². The quantitative estimate of drug-likeness (QED) is 0.429. The highest BCUT2D eigenvalue weighted by molar-refractivity contribution is 7.11. The lowest BCUT2D eigenvalue weighted by atomic mass is 10.3. The summed E-state index contributed by atoms with van der Waals surface area (Å²) in [5.41, 5.74) is 1.08. The predicted octanol–water partition coefficient (Wildman–Crippen LogP) is 2.90. The van der Waals surface area contributed by atoms with Gasteiger partial charge in [0.25, 0.3) is 0 Å². The number of benzene rings is 1. The number of methoxy groups -OCH3 is 1. The molecule has 2 N–H and O–H groups in total. The van der Waals surface area contributed by atoms with Crippen molar-refractivity contribution in [2.75, 3.05) is 26.8 Å². The average molecular weight is 362 g/mol. The molecular weight excluding hydrogens is 336 g/mol. The lowest BCUT2D eigenvalue weighted by Crippen LogP contribution is -2.39. The summed E-state index contributed by atoms with van der Waals surface area (Å²) in [6.07, 6.45) is 0. The first-order valence-corrected chi connectivity index (χ1v) is 9.16. The molecule has 0 bridgehead atoms. The molecule has 0 aliphatic rings. The van der Waals surface area contributed by atoms with Gasteiger partial charge in [0.15, 0.2) is 5.96 Å². The summed E-state index contributed by atoms with van der Waals surface area (Å²) in [5, 5.41) is 7.53. The van der Waals surface area contributed by atoms with Gasteiger partial charge in [-0.1, -0.05) is 6.07 Å². The van der Waals surface area contributed by atoms with Crippen molar-refractivity contribution in [1.29, 1.82) is 0 Å². The van der Waals surface area contributed by atoms with Crippen molar-refractivity contribution in [1.82, 2.24) is 15.6 Å². The van der Waals surface area contributed by atoms with E-state index in [9.17, 15) is 0 Å². The zero-order valence-corrected chi connectivity index (χ0v) is 16.1. The third-order valence-corrected chi connectivity index (χ3v) is 4.55. The minimum absolute atomic E-state index is 0.535. The minimum Gasteiger partial charge on any atom is -0.497 e. The monoisotopic (exact) mass is 362 g/mol. The summed E-state index contributed by atoms with van der Waals surface area (Å²) in [6, 6.07) is 7.58. The van der Waals surface area contributed by atoms with Crippen molar-refractivity contribution in [3.63, 3.8) is 0 Å². The number of hydrogen-bond donors (Lipinski definition) is 2. The van der Waals surface area contributed by atoms with Crippen LogP contribution < -0.4 is 20.1 Å². The normalized spacial score (nSPS) is 11.3. The van der Waals surface area contributed by atoms with Crippen LogP contribution in [-0.2, 0) is 6.54 Å². The third-order valence-electron chi connectivity index (χ3n) is 3.49. The molecule has 2 rings (SSSR count). The lowest BCUT2D eigenvalue weighted by molar-refractivity contribution is 0.319. The summed E-state index contributed by atoms with van der Waals surface area (Å²) < 4.78 is 10.9. The van der Waals surface area contributed by atoms with Crippen LogP contribution in [0.1, 0.15) is 22.5 Å². The standard InChI is InChI=1S/C18H26N4O2S/c1-5-19-18(21-12-17-22-13(2)14(3)25-17)20-9-10-24-16-8-6-7-15(11-16)23-4/h6-8,11H,5,9-10,12H2,1-4H3,(H2,19,20,21). The second kappa shape index (κ2) is 9.88. The van der Waals surface area contributed by atoms with E-state index < -0.39 is 0 Å². The van der Waals surface area contributed by atoms with E-state index in [1.54, 1.807) is 18.4 Å². The molecular formula is C18H26N4O2S. The number of nitrogens with one attached hydrogen (secondary N) is 2. The van der Waals surface area contributed by atoms with Crippen molar-refractivity contribution < 1.29 is 9.47 Å². The maximum atomic E-state index is 5.72. The van der Waals surface area contributed by atoms with E-state index in [0.717, 1.165) is 34.7 Å². The fourth-order valence-corrected chi connectivity index (χ4v) is 2.98. The van der Waals surface area contributed by atoms with Crippen molar-refractivity contribution in [3.8, 4) is 11.5 Å². The van der Waals surface area contributed by atoms with E-state index in [0.29, 0.717) is 19.7 Å². The maximum Gasteiger partial charge on any atom is 0.191 e. The van der Waals surface area contributed by atoms with E-state index >= 15 is 0 Å². The number of thiazole rings is 1. The van der Waals surface area contributed by atoms with Crippen LogP contribution in [0.5, 0.6) is 11.5 Å². The van der Waals surface area contributed by atoms with Gasteiger partial charge in [0.2, 0.25) is 0 Å². The third kappa shape index (κ3) is 6.26. The van der Waals surface area contributed by atoms with Crippen molar-refractivity contribution >= 4 is 17.3 Å². The molecule has 6 nitrogen and oxygen atoms in total. The summed E-state index contributed by atoms with van der Waals surface area (Å²) >= 11 is 1.69. The smallest absolute Gasteiger partial charge is 0.191 e. The second-order valence-corrected chi connectivity index (χ2v) is 6.69. The Bertz CT molecular complexity index is 681. The topological polar surface area (TPSA) is 67.8 Å². The van der Waals surface area contributed by atoms with Crippen LogP contribution in [0.15, 0.2) is 29.3 Å². The summed E-state index contributed by atoms with van der Waals surface area (Å²) in [4.78, 5) is 10.3. The number of aryl methyl sites for hydroxylation is 2. The Hall–Kier alpha value is -2.28. The number of aromatic nitrogens is 1. The molecule has 0 atom stereocenters. The number of guanidine groups is 1. The first-order chi connectivity index (χ1) is 12.1. The van der Waals surface area contributed by atoms with E-state index in [4.69, 9.17) is 9.47 Å². The fourth-order valence-electron chi connectivity index (χ4n) is 2.12. The molecule has 1 aromatic heterocycles. The average Bonchev–Trinajstić information content (AvgIpc) is 2.94. The van der Waals surface area contributed by atoms with Gasteiger partial charge in [-0.2, -0.15) is 0 Å². The molecule has 1 heterocycles. The number of nitrogens with zero attached hydrogens (tertiary/aromatic N) is 2. The molecule has 0 saturated heterocycles. The number of hydrogen-bond acceptors (Lipinski definition) is 5.